The predicted molar refractivity (Wildman–Crippen MR) is 158 cm³/mol. The summed E-state index contributed by atoms with van der Waals surface area (Å²) in [5.41, 5.74) is 4.60. The first-order chi connectivity index (χ1) is 20.3. The average Bonchev–Trinajstić information content (AvgIpc) is 3.01. The molecule has 0 saturated heterocycles. The quantitative estimate of drug-likeness (QED) is 0.163. The van der Waals surface area contributed by atoms with Crippen molar-refractivity contribution >= 4 is 44.5 Å². The van der Waals surface area contributed by atoms with Crippen molar-refractivity contribution in [1.29, 1.82) is 0 Å². The number of nitrogens with zero attached hydrogens (tertiary/aromatic N) is 2. The minimum absolute atomic E-state index is 0.167. The second-order valence-corrected chi connectivity index (χ2v) is 10.4. The molecule has 198 valence electrons. The third-order valence-corrected chi connectivity index (χ3v) is 8.28. The van der Waals surface area contributed by atoms with Gasteiger partial charge in [0.1, 0.15) is 0 Å². The Morgan fingerprint density at radius 1 is 0.476 bits per heavy atom. The van der Waals surface area contributed by atoms with Gasteiger partial charge in [0.2, 0.25) is 0 Å². The van der Waals surface area contributed by atoms with Crippen LogP contribution in [-0.4, -0.2) is 21.4 Å². The van der Waals surface area contributed by atoms with Crippen LogP contribution < -0.4 is 0 Å². The molecule has 6 aromatic carbocycles. The number of carbonyl (C=O) groups excluding carboxylic acids is 2. The SMILES string of the molecule is O=C1c2ccccc2-c2cc(-c3cc4c5c(cccc5c3[N+](=O)[O-])C(=O)c3ccccc3-4)cc3cc([N+](=O)[O-])cc1c23. The van der Waals surface area contributed by atoms with Gasteiger partial charge in [-0.15, -0.1) is 0 Å². The first kappa shape index (κ1) is 23.8. The molecule has 0 spiro atoms. The lowest BCUT2D eigenvalue weighted by Gasteiger charge is -2.23. The molecular weight excluding hydrogens is 532 g/mol. The maximum Gasteiger partial charge on any atom is 0.285 e. The van der Waals surface area contributed by atoms with E-state index in [1.165, 1.54) is 12.1 Å². The molecule has 0 fully saturated rings. The molecule has 0 saturated carbocycles. The number of benzene rings is 6. The van der Waals surface area contributed by atoms with Gasteiger partial charge in [0, 0.05) is 45.2 Å². The largest absolute Gasteiger partial charge is 0.289 e. The van der Waals surface area contributed by atoms with E-state index in [4.69, 9.17) is 0 Å². The molecule has 0 bridgehead atoms. The van der Waals surface area contributed by atoms with Gasteiger partial charge in [-0.3, -0.25) is 29.8 Å². The van der Waals surface area contributed by atoms with E-state index in [-0.39, 0.29) is 28.5 Å². The molecule has 0 aromatic heterocycles. The normalized spacial score (nSPS) is 12.8. The third-order valence-electron chi connectivity index (χ3n) is 8.28. The molecule has 8 nitrogen and oxygen atoms in total. The van der Waals surface area contributed by atoms with E-state index in [9.17, 15) is 29.8 Å². The lowest BCUT2D eigenvalue weighted by molar-refractivity contribution is -0.384. The molecule has 8 rings (SSSR count). The second kappa shape index (κ2) is 8.25. The van der Waals surface area contributed by atoms with E-state index in [0.717, 1.165) is 0 Å². The van der Waals surface area contributed by atoms with Gasteiger partial charge < -0.3 is 0 Å². The van der Waals surface area contributed by atoms with Crippen LogP contribution in [0.1, 0.15) is 31.8 Å². The van der Waals surface area contributed by atoms with Gasteiger partial charge in [0.15, 0.2) is 11.6 Å². The predicted octanol–water partition coefficient (Wildman–Crippen LogP) is 7.90. The summed E-state index contributed by atoms with van der Waals surface area (Å²) >= 11 is 0. The highest BCUT2D eigenvalue weighted by Gasteiger charge is 2.33. The Bertz CT molecular complexity index is 2300. The minimum Gasteiger partial charge on any atom is -0.289 e. The summed E-state index contributed by atoms with van der Waals surface area (Å²) in [7, 11) is 0. The first-order valence-electron chi connectivity index (χ1n) is 13.1. The molecule has 0 aliphatic heterocycles. The lowest BCUT2D eigenvalue weighted by Crippen LogP contribution is -2.11. The van der Waals surface area contributed by atoms with Gasteiger partial charge >= 0.3 is 0 Å². The third kappa shape index (κ3) is 3.06. The van der Waals surface area contributed by atoms with Crippen molar-refractivity contribution in [1.82, 2.24) is 0 Å². The van der Waals surface area contributed by atoms with Gasteiger partial charge in [0.25, 0.3) is 11.4 Å². The molecule has 2 aliphatic rings. The maximum atomic E-state index is 13.4. The Labute approximate surface area is 236 Å². The summed E-state index contributed by atoms with van der Waals surface area (Å²) in [4.78, 5) is 50.4. The van der Waals surface area contributed by atoms with Crippen LogP contribution in [0.4, 0.5) is 11.4 Å². The molecule has 42 heavy (non-hydrogen) atoms. The Kier molecular flexibility index (Phi) is 4.68. The van der Waals surface area contributed by atoms with Crippen molar-refractivity contribution in [2.45, 2.75) is 0 Å². The van der Waals surface area contributed by atoms with Gasteiger partial charge in [-0.05, 0) is 57.5 Å². The van der Waals surface area contributed by atoms with Crippen molar-refractivity contribution in [3.8, 4) is 33.4 Å². The fraction of sp³-hybridized carbons (Fsp3) is 0. The van der Waals surface area contributed by atoms with Crippen LogP contribution in [0.5, 0.6) is 0 Å². The van der Waals surface area contributed by atoms with Crippen molar-refractivity contribution in [2.75, 3.05) is 0 Å². The van der Waals surface area contributed by atoms with Crippen molar-refractivity contribution in [2.24, 2.45) is 0 Å². The summed E-state index contributed by atoms with van der Waals surface area (Å²) < 4.78 is 0. The first-order valence-corrected chi connectivity index (χ1v) is 13.1. The number of non-ortho nitro benzene ring substituents is 1. The van der Waals surface area contributed by atoms with Crippen LogP contribution in [0.2, 0.25) is 0 Å². The Hall–Kier alpha value is -6.02. The topological polar surface area (TPSA) is 120 Å². The Morgan fingerprint density at radius 2 is 1.07 bits per heavy atom. The Balaban J connectivity index is 1.54. The number of ketones is 2. The molecule has 0 heterocycles. The molecule has 2 aliphatic carbocycles. The zero-order valence-electron chi connectivity index (χ0n) is 21.6. The number of fused-ring (bicyclic) bond motifs is 4. The van der Waals surface area contributed by atoms with Crippen LogP contribution in [0.3, 0.4) is 0 Å². The van der Waals surface area contributed by atoms with Gasteiger partial charge in [0.05, 0.1) is 20.8 Å². The molecular formula is C34H16N2O6. The summed E-state index contributed by atoms with van der Waals surface area (Å²) in [6.07, 6.45) is 0. The summed E-state index contributed by atoms with van der Waals surface area (Å²) in [5, 5.41) is 26.4. The fourth-order valence-corrected chi connectivity index (χ4v) is 6.56. The molecule has 6 aromatic rings. The molecule has 0 unspecified atom stereocenters. The van der Waals surface area contributed by atoms with E-state index in [1.54, 1.807) is 60.7 Å². The monoisotopic (exact) mass is 548 g/mol. The number of carbonyl (C=O) groups is 2. The van der Waals surface area contributed by atoms with Crippen LogP contribution in [0.15, 0.2) is 97.1 Å². The number of rotatable bonds is 3. The maximum absolute atomic E-state index is 13.4. The molecule has 8 heteroatoms. The van der Waals surface area contributed by atoms with E-state index in [0.29, 0.717) is 71.6 Å². The van der Waals surface area contributed by atoms with E-state index in [1.807, 2.05) is 24.3 Å². The highest BCUT2D eigenvalue weighted by molar-refractivity contribution is 6.29. The highest BCUT2D eigenvalue weighted by Crippen LogP contribution is 2.49. The second-order valence-electron chi connectivity index (χ2n) is 10.4. The average molecular weight is 549 g/mol. The summed E-state index contributed by atoms with van der Waals surface area (Å²) in [6.45, 7) is 0. The number of hydrogen-bond acceptors (Lipinski definition) is 6. The lowest BCUT2D eigenvalue weighted by atomic mass is 9.79. The standard InChI is InChI=1S/C34H16N2O6/c37-33-22-8-3-2-7-21(22)28-16-26(32(36(41)42)24-10-5-11-25(33)31(24)28)17-12-18-13-19(35(39)40)15-29-30(18)27(14-17)20-6-1-4-9-23(20)34(29)38/h1-16H. The molecule has 0 amide bonds. The number of hydrogen-bond donors (Lipinski definition) is 0. The number of nitro benzene ring substituents is 2. The van der Waals surface area contributed by atoms with Crippen molar-refractivity contribution in [3.63, 3.8) is 0 Å². The van der Waals surface area contributed by atoms with Crippen LogP contribution in [0.25, 0.3) is 54.9 Å². The van der Waals surface area contributed by atoms with Crippen molar-refractivity contribution in [3.05, 3.63) is 140 Å². The van der Waals surface area contributed by atoms with Crippen LogP contribution in [-0.2, 0) is 0 Å². The fourth-order valence-electron chi connectivity index (χ4n) is 6.56. The van der Waals surface area contributed by atoms with Gasteiger partial charge in [-0.2, -0.15) is 0 Å². The Morgan fingerprint density at radius 3 is 1.71 bits per heavy atom. The van der Waals surface area contributed by atoms with Crippen LogP contribution in [0, 0.1) is 20.2 Å². The highest BCUT2D eigenvalue weighted by atomic mass is 16.6. The molecule has 0 atom stereocenters. The smallest absolute Gasteiger partial charge is 0.285 e. The van der Waals surface area contributed by atoms with Crippen LogP contribution >= 0.6 is 0 Å². The van der Waals surface area contributed by atoms with E-state index in [2.05, 4.69) is 0 Å². The van der Waals surface area contributed by atoms with Gasteiger partial charge in [-0.1, -0.05) is 60.7 Å². The van der Waals surface area contributed by atoms with E-state index >= 15 is 0 Å². The zero-order valence-corrected chi connectivity index (χ0v) is 21.6. The minimum atomic E-state index is -0.547. The summed E-state index contributed by atoms with van der Waals surface area (Å²) in [6, 6.07) is 27.1. The summed E-state index contributed by atoms with van der Waals surface area (Å²) in [5.74, 6) is -0.503. The van der Waals surface area contributed by atoms with E-state index < -0.39 is 9.85 Å². The molecule has 0 radical (unpaired) electrons. The zero-order chi connectivity index (χ0) is 28.9. The van der Waals surface area contributed by atoms with Gasteiger partial charge in [-0.25, -0.2) is 0 Å². The molecule has 0 N–H and O–H groups in total. The number of nitro groups is 2. The van der Waals surface area contributed by atoms with Crippen molar-refractivity contribution < 1.29 is 19.4 Å².